The summed E-state index contributed by atoms with van der Waals surface area (Å²) in [6.45, 7) is 7.88. The number of nitrogens with one attached hydrogen (secondary N) is 1. The molecule has 2 aliphatic rings. The number of nitrogens with zero attached hydrogens (tertiary/aromatic N) is 3. The van der Waals surface area contributed by atoms with Crippen LogP contribution in [0.25, 0.3) is 10.9 Å². The van der Waals surface area contributed by atoms with Crippen LogP contribution in [0, 0.1) is 5.92 Å². The Morgan fingerprint density at radius 3 is 2.81 bits per heavy atom. The molecular weight excluding hydrogens is 400 g/mol. The second kappa shape index (κ2) is 9.04. The van der Waals surface area contributed by atoms with Crippen molar-refractivity contribution < 1.29 is 9.53 Å². The predicted molar refractivity (Wildman–Crippen MR) is 125 cm³/mol. The Labute approximate surface area is 189 Å². The highest BCUT2D eigenvalue weighted by atomic mass is 16.5. The molecule has 0 unspecified atom stereocenters. The summed E-state index contributed by atoms with van der Waals surface area (Å²) >= 11 is 0. The molecule has 32 heavy (non-hydrogen) atoms. The zero-order valence-corrected chi connectivity index (χ0v) is 19.0. The lowest BCUT2D eigenvalue weighted by atomic mass is 9.94. The number of hydrogen-bond donors (Lipinski definition) is 1. The van der Waals surface area contributed by atoms with Gasteiger partial charge in [0.25, 0.3) is 0 Å². The van der Waals surface area contributed by atoms with Crippen molar-refractivity contribution >= 4 is 16.8 Å². The second-order valence-corrected chi connectivity index (χ2v) is 9.43. The molecule has 1 N–H and O–H groups in total. The second-order valence-electron chi connectivity index (χ2n) is 9.43. The summed E-state index contributed by atoms with van der Waals surface area (Å²) in [5.74, 6) is 0.726. The van der Waals surface area contributed by atoms with Crippen LogP contribution in [0.3, 0.4) is 0 Å². The third-order valence-corrected chi connectivity index (χ3v) is 6.62. The number of ether oxygens (including phenoxy) is 1. The van der Waals surface area contributed by atoms with Gasteiger partial charge < -0.3 is 14.2 Å². The standard InChI is InChI=1S/C26H32N4O2/c1-18(2)13-22-21-6-3-7-24-25(21)20(17-30(24)16-19-5-4-8-27-15-19)14-23(28-22)26(31)29-9-11-32-12-10-29/h3-8,15,17-18,22-23,28H,9-14,16H2,1-2H3/t22-,23-/m0/s1. The van der Waals surface area contributed by atoms with Crippen molar-refractivity contribution in [1.82, 2.24) is 19.8 Å². The van der Waals surface area contributed by atoms with Crippen molar-refractivity contribution in [2.45, 2.75) is 45.3 Å². The van der Waals surface area contributed by atoms with Crippen molar-refractivity contribution in [3.05, 3.63) is 65.6 Å². The van der Waals surface area contributed by atoms with Gasteiger partial charge in [-0.05, 0) is 47.6 Å². The zero-order valence-electron chi connectivity index (χ0n) is 19.0. The largest absolute Gasteiger partial charge is 0.378 e. The highest BCUT2D eigenvalue weighted by Gasteiger charge is 2.33. The number of rotatable bonds is 5. The SMILES string of the molecule is CC(C)C[C@@H]1N[C@H](C(=O)N2CCOCC2)Cc2cn(Cc3cccnc3)c3cccc1c23. The molecule has 168 valence electrons. The van der Waals surface area contributed by atoms with E-state index in [4.69, 9.17) is 4.74 Å². The van der Waals surface area contributed by atoms with E-state index in [-0.39, 0.29) is 18.0 Å². The molecule has 0 saturated carbocycles. The Morgan fingerprint density at radius 1 is 1.22 bits per heavy atom. The normalized spacial score (nSPS) is 21.2. The van der Waals surface area contributed by atoms with Crippen LogP contribution >= 0.6 is 0 Å². The van der Waals surface area contributed by atoms with E-state index < -0.39 is 0 Å². The number of pyridine rings is 1. The van der Waals surface area contributed by atoms with E-state index in [1.165, 1.54) is 27.6 Å². The average Bonchev–Trinajstić information content (AvgIpc) is 3.07. The van der Waals surface area contributed by atoms with Gasteiger partial charge in [0.2, 0.25) is 5.91 Å². The quantitative estimate of drug-likeness (QED) is 0.670. The van der Waals surface area contributed by atoms with Gasteiger partial charge in [0.15, 0.2) is 0 Å². The summed E-state index contributed by atoms with van der Waals surface area (Å²) < 4.78 is 7.79. The van der Waals surface area contributed by atoms with Crippen molar-refractivity contribution in [2.75, 3.05) is 26.3 Å². The topological polar surface area (TPSA) is 59.4 Å². The minimum absolute atomic E-state index is 0.157. The van der Waals surface area contributed by atoms with Crippen molar-refractivity contribution in [1.29, 1.82) is 0 Å². The fourth-order valence-corrected chi connectivity index (χ4v) is 5.17. The number of amides is 1. The van der Waals surface area contributed by atoms with Gasteiger partial charge in [-0.3, -0.25) is 15.1 Å². The summed E-state index contributed by atoms with van der Waals surface area (Å²) in [6.07, 6.45) is 7.69. The van der Waals surface area contributed by atoms with Crippen molar-refractivity contribution in [3.63, 3.8) is 0 Å². The predicted octanol–water partition coefficient (Wildman–Crippen LogP) is 3.54. The first-order valence-corrected chi connectivity index (χ1v) is 11.7. The minimum Gasteiger partial charge on any atom is -0.378 e. The van der Waals surface area contributed by atoms with Crippen LogP contribution in [0.15, 0.2) is 48.9 Å². The van der Waals surface area contributed by atoms with Crippen molar-refractivity contribution in [3.8, 4) is 0 Å². The maximum Gasteiger partial charge on any atom is 0.240 e. The molecule has 3 aromatic rings. The molecule has 5 rings (SSSR count). The Kier molecular flexibility index (Phi) is 5.98. The van der Waals surface area contributed by atoms with E-state index in [0.717, 1.165) is 13.0 Å². The molecule has 1 saturated heterocycles. The van der Waals surface area contributed by atoms with Crippen LogP contribution in [-0.2, 0) is 22.5 Å². The number of carbonyl (C=O) groups excluding carboxylic acids is 1. The maximum atomic E-state index is 13.5. The van der Waals surface area contributed by atoms with E-state index in [9.17, 15) is 4.79 Å². The maximum absolute atomic E-state index is 13.5. The van der Waals surface area contributed by atoms with Gasteiger partial charge in [-0.25, -0.2) is 0 Å². The van der Waals surface area contributed by atoms with Crippen LogP contribution in [0.4, 0.5) is 0 Å². The summed E-state index contributed by atoms with van der Waals surface area (Å²) in [7, 11) is 0. The number of hydrogen-bond acceptors (Lipinski definition) is 4. The first kappa shape index (κ1) is 21.2. The van der Waals surface area contributed by atoms with Gasteiger partial charge in [0.1, 0.15) is 0 Å². The Morgan fingerprint density at radius 2 is 2.06 bits per heavy atom. The summed E-state index contributed by atoms with van der Waals surface area (Å²) in [5.41, 5.74) is 4.98. The molecule has 2 aliphatic heterocycles. The zero-order chi connectivity index (χ0) is 22.1. The van der Waals surface area contributed by atoms with Gasteiger partial charge in [-0.2, -0.15) is 0 Å². The van der Waals surface area contributed by atoms with Gasteiger partial charge in [-0.15, -0.1) is 0 Å². The molecule has 1 amide bonds. The molecular formula is C26H32N4O2. The lowest BCUT2D eigenvalue weighted by Crippen LogP contribution is -2.51. The molecule has 4 heterocycles. The molecule has 6 nitrogen and oxygen atoms in total. The molecule has 2 aromatic heterocycles. The summed E-state index contributed by atoms with van der Waals surface area (Å²) in [6, 6.07) is 10.6. The fraction of sp³-hybridized carbons (Fsp3) is 0.462. The summed E-state index contributed by atoms with van der Waals surface area (Å²) in [5, 5.41) is 5.07. The molecule has 1 aromatic carbocycles. The fourth-order valence-electron chi connectivity index (χ4n) is 5.17. The Hall–Kier alpha value is -2.70. The average molecular weight is 433 g/mol. The number of carbonyl (C=O) groups is 1. The van der Waals surface area contributed by atoms with Crippen LogP contribution in [0.5, 0.6) is 0 Å². The van der Waals surface area contributed by atoms with Gasteiger partial charge >= 0.3 is 0 Å². The van der Waals surface area contributed by atoms with E-state index >= 15 is 0 Å². The molecule has 0 bridgehead atoms. The van der Waals surface area contributed by atoms with E-state index in [1.807, 2.05) is 23.4 Å². The highest BCUT2D eigenvalue weighted by Crippen LogP contribution is 2.36. The van der Waals surface area contributed by atoms with Gasteiger partial charge in [-0.1, -0.05) is 32.0 Å². The van der Waals surface area contributed by atoms with Crippen molar-refractivity contribution in [2.24, 2.45) is 5.92 Å². The minimum atomic E-state index is -0.221. The third-order valence-electron chi connectivity index (χ3n) is 6.62. The molecule has 0 spiro atoms. The Bertz CT molecular complexity index is 1090. The first-order valence-electron chi connectivity index (χ1n) is 11.7. The molecule has 0 aliphatic carbocycles. The van der Waals surface area contributed by atoms with Crippen LogP contribution in [-0.4, -0.2) is 52.7 Å². The van der Waals surface area contributed by atoms with Crippen LogP contribution < -0.4 is 5.32 Å². The molecule has 6 heteroatoms. The molecule has 2 atom stereocenters. The summed E-state index contributed by atoms with van der Waals surface area (Å²) in [4.78, 5) is 19.7. The smallest absolute Gasteiger partial charge is 0.240 e. The molecule has 1 fully saturated rings. The van der Waals surface area contributed by atoms with E-state index in [2.05, 4.69) is 59.2 Å². The number of morpholine rings is 1. The third kappa shape index (κ3) is 4.17. The van der Waals surface area contributed by atoms with Gasteiger partial charge in [0, 0.05) is 55.2 Å². The number of benzene rings is 1. The first-order chi connectivity index (χ1) is 15.6. The van der Waals surface area contributed by atoms with Gasteiger partial charge in [0.05, 0.1) is 19.3 Å². The van der Waals surface area contributed by atoms with Crippen LogP contribution in [0.2, 0.25) is 0 Å². The lowest BCUT2D eigenvalue weighted by molar-refractivity contribution is -0.137. The van der Waals surface area contributed by atoms with E-state index in [1.54, 1.807) is 0 Å². The Balaban J connectivity index is 1.55. The monoisotopic (exact) mass is 432 g/mol. The van der Waals surface area contributed by atoms with E-state index in [0.29, 0.717) is 38.6 Å². The molecule has 0 radical (unpaired) electrons. The van der Waals surface area contributed by atoms with Crippen LogP contribution in [0.1, 0.15) is 43.0 Å². The number of aromatic nitrogens is 2. The highest BCUT2D eigenvalue weighted by molar-refractivity contribution is 5.90. The lowest BCUT2D eigenvalue weighted by Gasteiger charge is -2.32.